The second-order valence-corrected chi connectivity index (χ2v) is 6.29. The molecular weight excluding hydrogens is 340 g/mol. The van der Waals surface area contributed by atoms with Crippen molar-refractivity contribution in [2.75, 3.05) is 10.6 Å². The summed E-state index contributed by atoms with van der Waals surface area (Å²) in [5.74, 6) is -0.0209. The molecule has 0 fully saturated rings. The molecule has 134 valence electrons. The Morgan fingerprint density at radius 3 is 2.33 bits per heavy atom. The number of anilines is 2. The molecule has 4 rings (SSSR count). The lowest BCUT2D eigenvalue weighted by molar-refractivity contribution is -0.128. The van der Waals surface area contributed by atoms with E-state index in [0.29, 0.717) is 17.1 Å². The van der Waals surface area contributed by atoms with Crippen LogP contribution >= 0.6 is 0 Å². The van der Waals surface area contributed by atoms with Crippen LogP contribution in [0.4, 0.5) is 11.4 Å². The van der Waals surface area contributed by atoms with Gasteiger partial charge in [-0.15, -0.1) is 0 Å². The Bertz CT molecular complexity index is 968. The summed E-state index contributed by atoms with van der Waals surface area (Å²) >= 11 is 0. The third-order valence-corrected chi connectivity index (χ3v) is 4.35. The second-order valence-electron chi connectivity index (χ2n) is 6.29. The number of para-hydroxylation sites is 2. The van der Waals surface area contributed by atoms with E-state index in [2.05, 4.69) is 10.6 Å². The van der Waals surface area contributed by atoms with E-state index >= 15 is 0 Å². The Hall–Kier alpha value is -3.60. The maximum Gasteiger partial charge on any atom is 0.266 e. The molecule has 0 saturated heterocycles. The summed E-state index contributed by atoms with van der Waals surface area (Å²) in [6, 6.07) is 24.8. The largest absolute Gasteiger partial charge is 0.478 e. The van der Waals surface area contributed by atoms with Gasteiger partial charge in [0.1, 0.15) is 5.75 Å². The Kier molecular flexibility index (Phi) is 4.58. The van der Waals surface area contributed by atoms with Gasteiger partial charge in [0.15, 0.2) is 6.10 Å². The zero-order valence-corrected chi connectivity index (χ0v) is 14.5. The highest BCUT2D eigenvalue weighted by molar-refractivity contribution is 6.02. The number of carbonyl (C=O) groups is 2. The predicted octanol–water partition coefficient (Wildman–Crippen LogP) is 4.08. The standard InChI is InChI=1S/C22H18N2O3/c25-21(14-20-22(26)24-18-8-4-5-9-19(18)27-20)23-17-12-10-16(11-13-17)15-6-2-1-3-7-15/h1-13,20H,14H2,(H,23,25)(H,24,26)/t20-/m0/s1. The monoisotopic (exact) mass is 358 g/mol. The second kappa shape index (κ2) is 7.33. The van der Waals surface area contributed by atoms with Crippen molar-refractivity contribution in [1.29, 1.82) is 0 Å². The van der Waals surface area contributed by atoms with Crippen LogP contribution in [0.25, 0.3) is 11.1 Å². The van der Waals surface area contributed by atoms with Gasteiger partial charge in [-0.3, -0.25) is 9.59 Å². The molecule has 1 aliphatic heterocycles. The van der Waals surface area contributed by atoms with Crippen molar-refractivity contribution >= 4 is 23.2 Å². The van der Waals surface area contributed by atoms with Crippen molar-refractivity contribution in [2.24, 2.45) is 0 Å². The molecule has 0 bridgehead atoms. The smallest absolute Gasteiger partial charge is 0.266 e. The molecule has 0 radical (unpaired) electrons. The SMILES string of the molecule is O=C(C[C@@H]1Oc2ccccc2NC1=O)Nc1ccc(-c2ccccc2)cc1. The zero-order chi connectivity index (χ0) is 18.6. The number of rotatable bonds is 4. The number of hydrogen-bond acceptors (Lipinski definition) is 3. The number of carbonyl (C=O) groups excluding carboxylic acids is 2. The fraction of sp³-hybridized carbons (Fsp3) is 0.0909. The average molecular weight is 358 g/mol. The first-order chi connectivity index (χ1) is 13.2. The van der Waals surface area contributed by atoms with Gasteiger partial charge in [0.25, 0.3) is 5.91 Å². The number of ether oxygens (including phenoxy) is 1. The molecule has 1 heterocycles. The summed E-state index contributed by atoms with van der Waals surface area (Å²) < 4.78 is 5.66. The van der Waals surface area contributed by atoms with E-state index in [-0.39, 0.29) is 18.2 Å². The summed E-state index contributed by atoms with van der Waals surface area (Å²) in [7, 11) is 0. The van der Waals surface area contributed by atoms with E-state index in [1.807, 2.05) is 66.7 Å². The Morgan fingerprint density at radius 2 is 1.56 bits per heavy atom. The maximum absolute atomic E-state index is 12.3. The van der Waals surface area contributed by atoms with Crippen LogP contribution in [-0.4, -0.2) is 17.9 Å². The molecule has 1 aliphatic rings. The van der Waals surface area contributed by atoms with Gasteiger partial charge < -0.3 is 15.4 Å². The number of nitrogens with one attached hydrogen (secondary N) is 2. The van der Waals surface area contributed by atoms with Gasteiger partial charge >= 0.3 is 0 Å². The highest BCUT2D eigenvalue weighted by atomic mass is 16.5. The van der Waals surface area contributed by atoms with Crippen LogP contribution in [0.15, 0.2) is 78.9 Å². The van der Waals surface area contributed by atoms with Gasteiger partial charge in [-0.2, -0.15) is 0 Å². The highest BCUT2D eigenvalue weighted by Crippen LogP contribution is 2.29. The number of amides is 2. The summed E-state index contributed by atoms with van der Waals surface area (Å²) in [5, 5.41) is 5.57. The predicted molar refractivity (Wildman–Crippen MR) is 105 cm³/mol. The van der Waals surface area contributed by atoms with Crippen LogP contribution in [0.5, 0.6) is 5.75 Å². The molecule has 3 aromatic rings. The Morgan fingerprint density at radius 1 is 0.889 bits per heavy atom. The minimum Gasteiger partial charge on any atom is -0.478 e. The normalized spacial score (nSPS) is 15.3. The van der Waals surface area contributed by atoms with Crippen LogP contribution in [0.2, 0.25) is 0 Å². The third-order valence-electron chi connectivity index (χ3n) is 4.35. The molecule has 0 aliphatic carbocycles. The van der Waals surface area contributed by atoms with Crippen LogP contribution in [-0.2, 0) is 9.59 Å². The van der Waals surface area contributed by atoms with Crippen LogP contribution < -0.4 is 15.4 Å². The highest BCUT2D eigenvalue weighted by Gasteiger charge is 2.29. The number of benzene rings is 3. The van der Waals surface area contributed by atoms with Gasteiger partial charge in [0.2, 0.25) is 5.91 Å². The van der Waals surface area contributed by atoms with E-state index in [1.165, 1.54) is 0 Å². The van der Waals surface area contributed by atoms with Gasteiger partial charge in [-0.25, -0.2) is 0 Å². The van der Waals surface area contributed by atoms with E-state index < -0.39 is 6.10 Å². The zero-order valence-electron chi connectivity index (χ0n) is 14.5. The van der Waals surface area contributed by atoms with E-state index in [1.54, 1.807) is 12.1 Å². The van der Waals surface area contributed by atoms with Crippen molar-refractivity contribution < 1.29 is 14.3 Å². The van der Waals surface area contributed by atoms with Crippen molar-refractivity contribution in [2.45, 2.75) is 12.5 Å². The maximum atomic E-state index is 12.3. The van der Waals surface area contributed by atoms with Crippen molar-refractivity contribution in [3.8, 4) is 16.9 Å². The molecule has 0 aromatic heterocycles. The Labute approximate surface area is 157 Å². The molecule has 0 spiro atoms. The van der Waals surface area contributed by atoms with E-state index in [4.69, 9.17) is 4.74 Å². The van der Waals surface area contributed by atoms with Crippen molar-refractivity contribution in [3.63, 3.8) is 0 Å². The van der Waals surface area contributed by atoms with Crippen molar-refractivity contribution in [3.05, 3.63) is 78.9 Å². The van der Waals surface area contributed by atoms with Crippen LogP contribution in [0, 0.1) is 0 Å². The van der Waals surface area contributed by atoms with E-state index in [9.17, 15) is 9.59 Å². The molecule has 5 heteroatoms. The van der Waals surface area contributed by atoms with Crippen LogP contribution in [0.1, 0.15) is 6.42 Å². The summed E-state index contributed by atoms with van der Waals surface area (Å²) in [6.45, 7) is 0. The van der Waals surface area contributed by atoms with Gasteiger partial charge in [0.05, 0.1) is 12.1 Å². The van der Waals surface area contributed by atoms with E-state index in [0.717, 1.165) is 11.1 Å². The lowest BCUT2D eigenvalue weighted by Crippen LogP contribution is -2.39. The quantitative estimate of drug-likeness (QED) is 0.738. The van der Waals surface area contributed by atoms with Crippen molar-refractivity contribution in [1.82, 2.24) is 0 Å². The molecule has 2 amide bonds. The fourth-order valence-corrected chi connectivity index (χ4v) is 2.98. The molecule has 0 unspecified atom stereocenters. The average Bonchev–Trinajstić information content (AvgIpc) is 2.70. The Balaban J connectivity index is 1.39. The third kappa shape index (κ3) is 3.82. The minimum absolute atomic E-state index is 0.0550. The summed E-state index contributed by atoms with van der Waals surface area (Å²) in [4.78, 5) is 24.5. The molecular formula is C22H18N2O3. The summed E-state index contributed by atoms with van der Waals surface area (Å²) in [5.41, 5.74) is 3.48. The summed E-state index contributed by atoms with van der Waals surface area (Å²) in [6.07, 6.45) is -0.899. The lowest BCUT2D eigenvalue weighted by atomic mass is 10.1. The van der Waals surface area contributed by atoms with Crippen LogP contribution in [0.3, 0.4) is 0 Å². The van der Waals surface area contributed by atoms with Gasteiger partial charge in [-0.05, 0) is 35.4 Å². The molecule has 3 aromatic carbocycles. The molecule has 27 heavy (non-hydrogen) atoms. The molecule has 2 N–H and O–H groups in total. The molecule has 0 saturated carbocycles. The topological polar surface area (TPSA) is 67.4 Å². The van der Waals surface area contributed by atoms with Gasteiger partial charge in [-0.1, -0.05) is 54.6 Å². The molecule has 5 nitrogen and oxygen atoms in total. The first kappa shape index (κ1) is 16.8. The lowest BCUT2D eigenvalue weighted by Gasteiger charge is -2.25. The fourth-order valence-electron chi connectivity index (χ4n) is 2.98. The number of hydrogen-bond donors (Lipinski definition) is 2. The minimum atomic E-state index is -0.844. The number of fused-ring (bicyclic) bond motifs is 1. The first-order valence-electron chi connectivity index (χ1n) is 8.71. The molecule has 1 atom stereocenters. The first-order valence-corrected chi connectivity index (χ1v) is 8.71. The van der Waals surface area contributed by atoms with Gasteiger partial charge in [0, 0.05) is 5.69 Å².